The summed E-state index contributed by atoms with van der Waals surface area (Å²) in [6.45, 7) is 5.12. The minimum absolute atomic E-state index is 0. The van der Waals surface area contributed by atoms with Gasteiger partial charge in [-0.2, -0.15) is 13.2 Å². The molecule has 0 bridgehead atoms. The van der Waals surface area contributed by atoms with Crippen LogP contribution in [0.3, 0.4) is 0 Å². The van der Waals surface area contributed by atoms with Crippen molar-refractivity contribution < 1.29 is 27.8 Å². The van der Waals surface area contributed by atoms with Crippen molar-refractivity contribution in [2.75, 3.05) is 19.7 Å². The molecule has 1 unspecified atom stereocenters. The highest BCUT2D eigenvalue weighted by Crippen LogP contribution is 2.41. The molecule has 2 N–H and O–H groups in total. The van der Waals surface area contributed by atoms with E-state index in [2.05, 4.69) is 24.1 Å². The number of alkyl halides is 3. The summed E-state index contributed by atoms with van der Waals surface area (Å²) in [5.41, 5.74) is 1.83. The highest BCUT2D eigenvalue weighted by molar-refractivity contribution is 6.32. The van der Waals surface area contributed by atoms with Crippen LogP contribution in [0.25, 0.3) is 0 Å². The average Bonchev–Trinajstić information content (AvgIpc) is 3.02. The molecule has 0 heterocycles. The maximum Gasteiger partial charge on any atom is 0.417 e. The molecule has 10 heteroatoms. The van der Waals surface area contributed by atoms with Crippen LogP contribution < -0.4 is 10.1 Å². The van der Waals surface area contributed by atoms with Gasteiger partial charge in [0, 0.05) is 12.6 Å². The first-order valence-electron chi connectivity index (χ1n) is 14.9. The third-order valence-corrected chi connectivity index (χ3v) is 8.52. The van der Waals surface area contributed by atoms with Crippen molar-refractivity contribution in [3.05, 3.63) is 136 Å². The molecule has 0 amide bonds. The molecule has 0 fully saturated rings. The van der Waals surface area contributed by atoms with E-state index in [1.165, 1.54) is 6.07 Å². The maximum absolute atomic E-state index is 13.8. The van der Waals surface area contributed by atoms with E-state index in [1.54, 1.807) is 6.07 Å². The van der Waals surface area contributed by atoms with Crippen LogP contribution in [-0.4, -0.2) is 41.7 Å². The van der Waals surface area contributed by atoms with E-state index < -0.39 is 23.2 Å². The van der Waals surface area contributed by atoms with Crippen molar-refractivity contribution in [1.29, 1.82) is 0 Å². The van der Waals surface area contributed by atoms with Gasteiger partial charge in [0.25, 0.3) is 0 Å². The second-order valence-corrected chi connectivity index (χ2v) is 11.5. The smallest absolute Gasteiger partial charge is 0.417 e. The third-order valence-electron chi connectivity index (χ3n) is 8.07. The summed E-state index contributed by atoms with van der Waals surface area (Å²) in [5.74, 6) is -0.208. The largest absolute Gasteiger partial charge is 0.494 e. The number of hydrogen-bond donors (Lipinski definition) is 2. The number of aliphatic carboxylic acids is 1. The quantitative estimate of drug-likeness (QED) is 0.124. The molecule has 5 nitrogen and oxygen atoms in total. The second kappa shape index (κ2) is 16.8. The van der Waals surface area contributed by atoms with Crippen LogP contribution in [0.2, 0.25) is 5.02 Å². The Morgan fingerprint density at radius 1 is 0.935 bits per heavy atom. The van der Waals surface area contributed by atoms with Gasteiger partial charge in [-0.15, -0.1) is 12.4 Å². The number of carboxylic acid groups (broad SMARTS) is 1. The molecule has 0 aromatic heterocycles. The molecule has 0 aliphatic carbocycles. The number of carbonyl (C=O) groups is 1. The van der Waals surface area contributed by atoms with Gasteiger partial charge in [0.05, 0.1) is 29.3 Å². The molecule has 0 aliphatic rings. The fraction of sp³-hybridized carbons (Fsp3) is 0.306. The molecular weight excluding hydrogens is 636 g/mol. The lowest BCUT2D eigenvalue weighted by Crippen LogP contribution is -2.49. The zero-order chi connectivity index (χ0) is 32.5. The van der Waals surface area contributed by atoms with E-state index in [0.29, 0.717) is 37.3 Å². The molecule has 0 spiro atoms. The summed E-state index contributed by atoms with van der Waals surface area (Å²) < 4.78 is 47.6. The SMILES string of the molecule is CC(CCOc1cccc(CCNCC(=O)O)c1)N(Cc1cccc(C(F)(F)F)c1Cl)C(C)(c1ccccc1)c1ccccc1.Cl. The minimum Gasteiger partial charge on any atom is -0.494 e. The molecule has 4 rings (SSSR count). The number of hydrogen-bond acceptors (Lipinski definition) is 4. The zero-order valence-electron chi connectivity index (χ0n) is 25.8. The van der Waals surface area contributed by atoms with E-state index in [-0.39, 0.29) is 36.6 Å². The fourth-order valence-corrected chi connectivity index (χ4v) is 5.90. The van der Waals surface area contributed by atoms with Crippen LogP contribution in [0.1, 0.15) is 48.1 Å². The molecule has 0 saturated heterocycles. The van der Waals surface area contributed by atoms with Gasteiger partial charge >= 0.3 is 12.1 Å². The number of ether oxygens (including phenoxy) is 1. The maximum atomic E-state index is 13.8. The first-order chi connectivity index (χ1) is 21.5. The summed E-state index contributed by atoms with van der Waals surface area (Å²) in [5, 5.41) is 11.4. The van der Waals surface area contributed by atoms with Gasteiger partial charge in [0.1, 0.15) is 5.75 Å². The van der Waals surface area contributed by atoms with E-state index in [9.17, 15) is 18.0 Å². The van der Waals surface area contributed by atoms with Gasteiger partial charge in [-0.05, 0) is 73.7 Å². The highest BCUT2D eigenvalue weighted by Gasteiger charge is 2.40. The first kappa shape index (κ1) is 36.9. The number of nitrogens with zero attached hydrogens (tertiary/aromatic N) is 1. The Morgan fingerprint density at radius 3 is 2.13 bits per heavy atom. The predicted molar refractivity (Wildman–Crippen MR) is 179 cm³/mol. The normalized spacial score (nSPS) is 12.4. The molecule has 46 heavy (non-hydrogen) atoms. The van der Waals surface area contributed by atoms with Gasteiger partial charge in [-0.3, -0.25) is 9.69 Å². The second-order valence-electron chi connectivity index (χ2n) is 11.2. The van der Waals surface area contributed by atoms with E-state index >= 15 is 0 Å². The summed E-state index contributed by atoms with van der Waals surface area (Å²) in [6, 6.07) is 31.5. The third kappa shape index (κ3) is 9.48. The van der Waals surface area contributed by atoms with E-state index in [1.807, 2.05) is 84.9 Å². The standard InChI is InChI=1S/C36H38ClF3N2O3.ClH/c1-26(20-22-45-31-17-9-11-27(23-31)19-21-41-24-33(43)44)42(25-28-12-10-18-32(34(28)37)36(38,39)40)35(2,29-13-5-3-6-14-29)30-15-7-4-8-16-30;/h3-18,23,26,41H,19-22,24-25H2,1-2H3,(H,43,44);1H. The molecule has 0 aliphatic heterocycles. The average molecular weight is 676 g/mol. The minimum atomic E-state index is -4.57. The lowest BCUT2D eigenvalue weighted by atomic mass is 9.81. The van der Waals surface area contributed by atoms with E-state index in [4.69, 9.17) is 21.4 Å². The van der Waals surface area contributed by atoms with Gasteiger partial charge in [-0.25, -0.2) is 0 Å². The Labute approximate surface area is 279 Å². The van der Waals surface area contributed by atoms with Crippen molar-refractivity contribution >= 4 is 30.0 Å². The van der Waals surface area contributed by atoms with Crippen LogP contribution >= 0.6 is 24.0 Å². The van der Waals surface area contributed by atoms with Crippen LogP contribution in [-0.2, 0) is 29.5 Å². The topological polar surface area (TPSA) is 61.8 Å². The predicted octanol–water partition coefficient (Wildman–Crippen LogP) is 8.62. The number of benzene rings is 4. The zero-order valence-corrected chi connectivity index (χ0v) is 27.3. The molecule has 1 atom stereocenters. The van der Waals surface area contributed by atoms with Crippen LogP contribution in [0.4, 0.5) is 13.2 Å². The first-order valence-corrected chi connectivity index (χ1v) is 15.2. The van der Waals surface area contributed by atoms with Crippen LogP contribution in [0.15, 0.2) is 103 Å². The van der Waals surface area contributed by atoms with Crippen molar-refractivity contribution in [1.82, 2.24) is 10.2 Å². The Bertz CT molecular complexity index is 1500. The molecule has 4 aromatic rings. The van der Waals surface area contributed by atoms with Gasteiger partial charge in [0.2, 0.25) is 0 Å². The Balaban J connectivity index is 0.00000576. The van der Waals surface area contributed by atoms with Crippen LogP contribution in [0, 0.1) is 0 Å². The van der Waals surface area contributed by atoms with Gasteiger partial charge in [-0.1, -0.05) is 96.5 Å². The summed E-state index contributed by atoms with van der Waals surface area (Å²) >= 11 is 6.44. The van der Waals surface area contributed by atoms with Crippen molar-refractivity contribution in [3.8, 4) is 5.75 Å². The molecule has 246 valence electrons. The molecular formula is C36H39Cl2F3N2O3. The number of carboxylic acids is 1. The number of nitrogens with one attached hydrogen (secondary N) is 1. The lowest BCUT2D eigenvalue weighted by Gasteiger charge is -2.46. The number of rotatable bonds is 15. The van der Waals surface area contributed by atoms with Crippen molar-refractivity contribution in [2.45, 2.75) is 51.0 Å². The highest BCUT2D eigenvalue weighted by atomic mass is 35.5. The summed E-state index contributed by atoms with van der Waals surface area (Å²) in [4.78, 5) is 12.9. The molecule has 0 radical (unpaired) electrons. The summed E-state index contributed by atoms with van der Waals surface area (Å²) in [7, 11) is 0. The Kier molecular flexibility index (Phi) is 13.5. The van der Waals surface area contributed by atoms with Gasteiger partial charge in [0.15, 0.2) is 0 Å². The van der Waals surface area contributed by atoms with Crippen molar-refractivity contribution in [3.63, 3.8) is 0 Å². The van der Waals surface area contributed by atoms with Crippen molar-refractivity contribution in [2.24, 2.45) is 0 Å². The molecule has 4 aromatic carbocycles. The lowest BCUT2D eigenvalue weighted by molar-refractivity contribution is -0.138. The Hall–Kier alpha value is -3.56. The Morgan fingerprint density at radius 2 is 1.54 bits per heavy atom. The fourth-order valence-electron chi connectivity index (χ4n) is 5.60. The van der Waals surface area contributed by atoms with Gasteiger partial charge < -0.3 is 15.2 Å². The molecule has 0 saturated carbocycles. The monoisotopic (exact) mass is 674 g/mol. The van der Waals surface area contributed by atoms with Crippen LogP contribution in [0.5, 0.6) is 5.75 Å². The summed E-state index contributed by atoms with van der Waals surface area (Å²) in [6.07, 6.45) is -3.34. The number of halogens is 5. The van der Waals surface area contributed by atoms with E-state index in [0.717, 1.165) is 22.8 Å².